The number of benzene rings is 4. The zero-order valence-corrected chi connectivity index (χ0v) is 39.2. The Balaban J connectivity index is 1.69. The molecule has 63 heavy (non-hydrogen) atoms. The van der Waals surface area contributed by atoms with E-state index in [-0.39, 0.29) is 36.8 Å². The second-order valence-corrected chi connectivity index (χ2v) is 19.2. The summed E-state index contributed by atoms with van der Waals surface area (Å²) in [5.41, 5.74) is 4.75. The summed E-state index contributed by atoms with van der Waals surface area (Å²) in [6.07, 6.45) is 3.23. The van der Waals surface area contributed by atoms with Gasteiger partial charge in [0.25, 0.3) is 0 Å². The van der Waals surface area contributed by atoms with E-state index in [4.69, 9.17) is 14.2 Å². The molecule has 0 fully saturated rings. The lowest BCUT2D eigenvalue weighted by molar-refractivity contribution is -0.143. The number of nitrogens with zero attached hydrogens (tertiary/aromatic N) is 3. The lowest BCUT2D eigenvalue weighted by Crippen LogP contribution is -2.38. The molecule has 5 aromatic rings. The number of para-hydroxylation sites is 1. The molecular formula is C53H67N3O7. The Morgan fingerprint density at radius 3 is 1.54 bits per heavy atom. The van der Waals surface area contributed by atoms with E-state index in [0.29, 0.717) is 48.3 Å². The Hall–Kier alpha value is -5.90. The highest BCUT2D eigenvalue weighted by atomic mass is 16.6. The molecule has 0 unspecified atom stereocenters. The van der Waals surface area contributed by atoms with Crippen molar-refractivity contribution in [1.82, 2.24) is 4.57 Å². The number of fused-ring (bicyclic) bond motifs is 1. The topological polar surface area (TPSA) is 107 Å². The summed E-state index contributed by atoms with van der Waals surface area (Å²) in [4.78, 5) is 59.1. The van der Waals surface area contributed by atoms with Crippen LogP contribution in [0.4, 0.5) is 21.0 Å². The largest absolute Gasteiger partial charge is 0.466 e. The predicted octanol–water partition coefficient (Wildman–Crippen LogP) is 12.5. The molecule has 10 nitrogen and oxygen atoms in total. The van der Waals surface area contributed by atoms with Crippen LogP contribution in [-0.2, 0) is 51.5 Å². The number of esters is 1. The maximum absolute atomic E-state index is 15.1. The van der Waals surface area contributed by atoms with Crippen LogP contribution >= 0.6 is 0 Å². The van der Waals surface area contributed by atoms with Gasteiger partial charge in [-0.25, -0.2) is 9.59 Å². The molecular weight excluding hydrogens is 791 g/mol. The third-order valence-corrected chi connectivity index (χ3v) is 10.1. The van der Waals surface area contributed by atoms with Crippen molar-refractivity contribution < 1.29 is 33.4 Å². The Kier molecular flexibility index (Phi) is 16.0. The lowest BCUT2D eigenvalue weighted by atomic mass is 10.00. The van der Waals surface area contributed by atoms with Gasteiger partial charge in [0.05, 0.1) is 31.1 Å². The van der Waals surface area contributed by atoms with Gasteiger partial charge in [-0.15, -0.1) is 0 Å². The van der Waals surface area contributed by atoms with Crippen molar-refractivity contribution in [1.29, 1.82) is 0 Å². The summed E-state index contributed by atoms with van der Waals surface area (Å²) in [5, 5.41) is 0.738. The van der Waals surface area contributed by atoms with Crippen LogP contribution in [0.5, 0.6) is 0 Å². The van der Waals surface area contributed by atoms with Crippen LogP contribution < -0.4 is 9.80 Å². The van der Waals surface area contributed by atoms with Crippen LogP contribution in [0, 0.1) is 11.8 Å². The van der Waals surface area contributed by atoms with E-state index in [2.05, 4.69) is 52.0 Å². The number of carbonyl (C=O) groups is 4. The van der Waals surface area contributed by atoms with Gasteiger partial charge in [-0.2, -0.15) is 0 Å². The molecule has 0 radical (unpaired) electrons. The third-order valence-electron chi connectivity index (χ3n) is 10.1. The highest BCUT2D eigenvalue weighted by Gasteiger charge is 2.30. The molecule has 5 rings (SSSR count). The first-order chi connectivity index (χ1) is 29.7. The fraction of sp³-hybridized carbons (Fsp3) is 0.434. The molecule has 0 aliphatic rings. The Bertz CT molecular complexity index is 2240. The van der Waals surface area contributed by atoms with E-state index in [9.17, 15) is 14.4 Å². The summed E-state index contributed by atoms with van der Waals surface area (Å²) in [6, 6.07) is 29.2. The van der Waals surface area contributed by atoms with Gasteiger partial charge in [-0.05, 0) is 126 Å². The fourth-order valence-electron chi connectivity index (χ4n) is 7.46. The summed E-state index contributed by atoms with van der Waals surface area (Å²) in [5.74, 6) is 0.397. The second-order valence-electron chi connectivity index (χ2n) is 19.2. The molecule has 0 aliphatic carbocycles. The van der Waals surface area contributed by atoms with E-state index >= 15 is 4.79 Å². The Morgan fingerprint density at radius 1 is 0.635 bits per heavy atom. The maximum Gasteiger partial charge on any atom is 0.415 e. The molecule has 0 atom stereocenters. The van der Waals surface area contributed by atoms with Crippen molar-refractivity contribution in [3.05, 3.63) is 131 Å². The van der Waals surface area contributed by atoms with Crippen LogP contribution in [-0.4, -0.2) is 46.3 Å². The van der Waals surface area contributed by atoms with Gasteiger partial charge in [0.2, 0.25) is 0 Å². The zero-order valence-electron chi connectivity index (χ0n) is 39.2. The first kappa shape index (κ1) is 48.1. The molecule has 0 saturated carbocycles. The van der Waals surface area contributed by atoms with Gasteiger partial charge in [0, 0.05) is 41.2 Å². The SMILES string of the molecule is CCOC(=O)CCCn1cc(C(=O)c2cc(N(Cc3ccc(CC(C)C)cc3)C(=O)OC(C)(C)C)cc(N(Cc3ccc(CC(C)C)cc3)C(=O)OC(C)(C)C)c2)c2ccccc21. The third kappa shape index (κ3) is 14.1. The van der Waals surface area contributed by atoms with Gasteiger partial charge in [0.15, 0.2) is 5.78 Å². The molecule has 2 amide bonds. The molecule has 0 saturated heterocycles. The standard InChI is InChI=1S/C53H67N3O7/c1-12-61-48(57)18-15-27-54-35-46(45-16-13-14-17-47(45)54)49(58)42-30-43(55(50(59)62-52(6,7)8)33-40-23-19-38(20-24-40)28-36(2)3)32-44(31-42)56(51(60)63-53(9,10)11)34-41-25-21-39(22-26-41)29-37(4)5/h13-14,16-17,19-26,30-32,35-37H,12,15,18,27-29,33-34H2,1-11H3. The zero-order chi connectivity index (χ0) is 46.1. The minimum atomic E-state index is -0.827. The van der Waals surface area contributed by atoms with Crippen molar-refractivity contribution in [2.24, 2.45) is 11.8 Å². The van der Waals surface area contributed by atoms with Crippen LogP contribution in [0.2, 0.25) is 0 Å². The van der Waals surface area contributed by atoms with Crippen molar-refractivity contribution >= 4 is 46.2 Å². The normalized spacial score (nSPS) is 11.8. The number of hydrogen-bond donors (Lipinski definition) is 0. The number of amides is 2. The molecule has 4 aromatic carbocycles. The van der Waals surface area contributed by atoms with Gasteiger partial charge < -0.3 is 18.8 Å². The molecule has 0 N–H and O–H groups in total. The molecule has 336 valence electrons. The van der Waals surface area contributed by atoms with Gasteiger partial charge in [0.1, 0.15) is 11.2 Å². The molecule has 1 heterocycles. The van der Waals surface area contributed by atoms with Crippen molar-refractivity contribution in [2.75, 3.05) is 16.4 Å². The molecule has 0 aliphatic heterocycles. The van der Waals surface area contributed by atoms with E-state index in [0.717, 1.165) is 34.9 Å². The van der Waals surface area contributed by atoms with Crippen LogP contribution in [0.15, 0.2) is 97.2 Å². The first-order valence-corrected chi connectivity index (χ1v) is 22.3. The number of rotatable bonds is 17. The summed E-state index contributed by atoms with van der Waals surface area (Å²) in [7, 11) is 0. The van der Waals surface area contributed by atoms with Crippen molar-refractivity contribution in [3.8, 4) is 0 Å². The number of carbonyl (C=O) groups excluding carboxylic acids is 4. The minimum absolute atomic E-state index is 0.136. The summed E-state index contributed by atoms with van der Waals surface area (Å²) >= 11 is 0. The number of ether oxygens (including phenoxy) is 3. The summed E-state index contributed by atoms with van der Waals surface area (Å²) < 4.78 is 19.2. The van der Waals surface area contributed by atoms with Crippen LogP contribution in [0.3, 0.4) is 0 Å². The number of hydrogen-bond acceptors (Lipinski definition) is 7. The number of ketones is 1. The predicted molar refractivity (Wildman–Crippen MR) is 252 cm³/mol. The lowest BCUT2D eigenvalue weighted by Gasteiger charge is -2.31. The highest BCUT2D eigenvalue weighted by molar-refractivity contribution is 6.17. The minimum Gasteiger partial charge on any atom is -0.466 e. The number of aromatic nitrogens is 1. The second kappa shape index (κ2) is 21.0. The van der Waals surface area contributed by atoms with Crippen molar-refractivity contribution in [2.45, 2.75) is 133 Å². The Morgan fingerprint density at radius 2 is 1.10 bits per heavy atom. The monoisotopic (exact) mass is 857 g/mol. The molecule has 0 bridgehead atoms. The highest BCUT2D eigenvalue weighted by Crippen LogP contribution is 2.33. The van der Waals surface area contributed by atoms with Gasteiger partial charge >= 0.3 is 18.2 Å². The molecule has 0 spiro atoms. The molecule has 10 heteroatoms. The van der Waals surface area contributed by atoms with Gasteiger partial charge in [-0.3, -0.25) is 19.4 Å². The van der Waals surface area contributed by atoms with E-state index in [1.165, 1.54) is 20.9 Å². The average molecular weight is 858 g/mol. The van der Waals surface area contributed by atoms with Crippen molar-refractivity contribution in [3.63, 3.8) is 0 Å². The summed E-state index contributed by atoms with van der Waals surface area (Å²) in [6.45, 7) is 22.5. The Labute approximate surface area is 374 Å². The maximum atomic E-state index is 15.1. The van der Waals surface area contributed by atoms with E-state index < -0.39 is 23.4 Å². The first-order valence-electron chi connectivity index (χ1n) is 22.3. The number of aryl methyl sites for hydroxylation is 1. The van der Waals surface area contributed by atoms with Crippen LogP contribution in [0.1, 0.15) is 127 Å². The smallest absolute Gasteiger partial charge is 0.415 e. The van der Waals surface area contributed by atoms with E-state index in [1.807, 2.05) is 101 Å². The number of anilines is 2. The van der Waals surface area contributed by atoms with Gasteiger partial charge in [-0.1, -0.05) is 94.4 Å². The quantitative estimate of drug-likeness (QED) is 0.0520. The average Bonchev–Trinajstić information content (AvgIpc) is 3.56. The fourth-order valence-corrected chi connectivity index (χ4v) is 7.46. The van der Waals surface area contributed by atoms with E-state index in [1.54, 1.807) is 25.1 Å². The molecule has 1 aromatic heterocycles. The van der Waals surface area contributed by atoms with Crippen LogP contribution in [0.25, 0.3) is 10.9 Å².